The van der Waals surface area contributed by atoms with Gasteiger partial charge in [-0.25, -0.2) is 4.79 Å². The van der Waals surface area contributed by atoms with Crippen molar-refractivity contribution in [3.8, 4) is 0 Å². The number of rotatable bonds is 12. The minimum atomic E-state index is -1.02. The van der Waals surface area contributed by atoms with Crippen LogP contribution >= 0.6 is 0 Å². The molecule has 4 N–H and O–H groups in total. The van der Waals surface area contributed by atoms with Crippen LogP contribution in [0, 0.1) is 0 Å². The average Bonchev–Trinajstić information content (AvgIpc) is 2.61. The molecule has 0 aliphatic rings. The van der Waals surface area contributed by atoms with Gasteiger partial charge >= 0.3 is 12.1 Å². The van der Waals surface area contributed by atoms with Crippen LogP contribution in [0.3, 0.4) is 0 Å². The number of alkyl carbamates (subject to hydrolysis) is 1. The summed E-state index contributed by atoms with van der Waals surface area (Å²) in [5.41, 5.74) is 6.96. The van der Waals surface area contributed by atoms with Crippen molar-refractivity contribution >= 4 is 17.8 Å². The molecule has 26 heavy (non-hydrogen) atoms. The number of Topliss-reactive ketones (excluding diaryl/α,β-unsaturated/α-hetero) is 1. The Balaban J connectivity index is 2.02. The third-order valence-electron chi connectivity index (χ3n) is 3.62. The number of hydrogen-bond acceptors (Lipinski definition) is 6. The van der Waals surface area contributed by atoms with Gasteiger partial charge < -0.3 is 25.6 Å². The maximum absolute atomic E-state index is 11.4. The third kappa shape index (κ3) is 9.14. The molecule has 144 valence electrons. The van der Waals surface area contributed by atoms with Crippen molar-refractivity contribution < 1.29 is 29.0 Å². The highest BCUT2D eigenvalue weighted by Gasteiger charge is 2.10. The molecule has 0 aliphatic heterocycles. The number of unbranched alkanes of at least 4 members (excludes halogenated alkanes) is 1. The van der Waals surface area contributed by atoms with Gasteiger partial charge in [0.1, 0.15) is 12.6 Å². The fourth-order valence-electron chi connectivity index (χ4n) is 2.07. The molecule has 1 atom stereocenters. The predicted molar refractivity (Wildman–Crippen MR) is 94.9 cm³/mol. The van der Waals surface area contributed by atoms with Crippen molar-refractivity contribution in [2.75, 3.05) is 19.8 Å². The van der Waals surface area contributed by atoms with Crippen LogP contribution < -0.4 is 11.1 Å². The van der Waals surface area contributed by atoms with Crippen LogP contribution in [-0.2, 0) is 20.9 Å². The Hall–Kier alpha value is -2.45. The number of ether oxygens (including phenoxy) is 2. The van der Waals surface area contributed by atoms with Crippen LogP contribution in [0.2, 0.25) is 0 Å². The number of carbonyl (C=O) groups is 3. The van der Waals surface area contributed by atoms with Gasteiger partial charge in [-0.05, 0) is 31.7 Å². The lowest BCUT2D eigenvalue weighted by molar-refractivity contribution is -0.138. The van der Waals surface area contributed by atoms with Crippen molar-refractivity contribution in [1.82, 2.24) is 5.32 Å². The molecular formula is C18H26N2O6. The first-order valence-corrected chi connectivity index (χ1v) is 8.46. The summed E-state index contributed by atoms with van der Waals surface area (Å²) in [6, 6.07) is 6.27. The van der Waals surface area contributed by atoms with E-state index in [-0.39, 0.29) is 19.0 Å². The van der Waals surface area contributed by atoms with Gasteiger partial charge in [-0.3, -0.25) is 9.59 Å². The summed E-state index contributed by atoms with van der Waals surface area (Å²) in [4.78, 5) is 33.2. The molecule has 0 saturated heterocycles. The van der Waals surface area contributed by atoms with Crippen LogP contribution in [0.4, 0.5) is 4.79 Å². The summed E-state index contributed by atoms with van der Waals surface area (Å²) in [5, 5.41) is 11.2. The number of amides is 1. The third-order valence-corrected chi connectivity index (χ3v) is 3.62. The minimum absolute atomic E-state index is 0.0154. The van der Waals surface area contributed by atoms with Crippen molar-refractivity contribution in [3.63, 3.8) is 0 Å². The van der Waals surface area contributed by atoms with E-state index < -0.39 is 18.1 Å². The quantitative estimate of drug-likeness (QED) is 0.379. The zero-order valence-electron chi connectivity index (χ0n) is 14.9. The summed E-state index contributed by atoms with van der Waals surface area (Å²) in [5.74, 6) is -1.01. The monoisotopic (exact) mass is 366 g/mol. The molecule has 0 aliphatic carbocycles. The van der Waals surface area contributed by atoms with Crippen LogP contribution in [0.5, 0.6) is 0 Å². The lowest BCUT2D eigenvalue weighted by Gasteiger charge is -2.09. The highest BCUT2D eigenvalue weighted by Crippen LogP contribution is 2.06. The molecule has 1 amide bonds. The lowest BCUT2D eigenvalue weighted by atomic mass is 10.1. The molecule has 0 spiro atoms. The van der Waals surface area contributed by atoms with E-state index in [2.05, 4.69) is 5.32 Å². The van der Waals surface area contributed by atoms with Gasteiger partial charge in [0.2, 0.25) is 0 Å². The Morgan fingerprint density at radius 3 is 2.46 bits per heavy atom. The zero-order chi connectivity index (χ0) is 19.4. The molecule has 1 aromatic carbocycles. The second-order valence-electron chi connectivity index (χ2n) is 5.81. The van der Waals surface area contributed by atoms with Gasteiger partial charge in [-0.15, -0.1) is 0 Å². The zero-order valence-corrected chi connectivity index (χ0v) is 14.9. The van der Waals surface area contributed by atoms with E-state index in [1.807, 2.05) is 12.1 Å². The summed E-state index contributed by atoms with van der Waals surface area (Å²) in [6.07, 6.45) is 1.07. The molecule has 8 nitrogen and oxygen atoms in total. The smallest absolute Gasteiger partial charge is 0.407 e. The highest BCUT2D eigenvalue weighted by atomic mass is 16.6. The number of nitrogens with two attached hydrogens (primary N) is 1. The summed E-state index contributed by atoms with van der Waals surface area (Å²) in [7, 11) is 0. The molecule has 0 fully saturated rings. The Kier molecular flexibility index (Phi) is 9.96. The Morgan fingerprint density at radius 2 is 1.85 bits per heavy atom. The Labute approximate surface area is 152 Å². The first-order valence-electron chi connectivity index (χ1n) is 8.46. The van der Waals surface area contributed by atoms with Crippen molar-refractivity contribution in [2.45, 2.75) is 38.8 Å². The number of aliphatic carboxylic acids is 1. The molecule has 0 bridgehead atoms. The van der Waals surface area contributed by atoms with Crippen LogP contribution in [0.1, 0.15) is 42.1 Å². The van der Waals surface area contributed by atoms with Crippen LogP contribution in [0.15, 0.2) is 24.3 Å². The molecule has 0 unspecified atom stereocenters. The van der Waals surface area contributed by atoms with E-state index in [9.17, 15) is 14.4 Å². The molecule has 0 saturated carbocycles. The lowest BCUT2D eigenvalue weighted by Crippen LogP contribution is -2.30. The predicted octanol–water partition coefficient (Wildman–Crippen LogP) is 1.71. The fourth-order valence-corrected chi connectivity index (χ4v) is 2.07. The number of nitrogens with one attached hydrogen (secondary N) is 1. The minimum Gasteiger partial charge on any atom is -0.480 e. The largest absolute Gasteiger partial charge is 0.480 e. The number of hydrogen-bond donors (Lipinski definition) is 3. The number of carbonyl (C=O) groups excluding carboxylic acids is 2. The van der Waals surface area contributed by atoms with E-state index in [1.165, 1.54) is 6.92 Å². The SMILES string of the molecule is CC(=O)c1ccc(COCCOC(=O)NCCCC[C@H](N)C(=O)O)cc1. The first kappa shape index (κ1) is 21.6. The summed E-state index contributed by atoms with van der Waals surface area (Å²) >= 11 is 0. The van der Waals surface area contributed by atoms with Gasteiger partial charge in [0, 0.05) is 12.1 Å². The first-order chi connectivity index (χ1) is 12.4. The van der Waals surface area contributed by atoms with Crippen molar-refractivity contribution in [2.24, 2.45) is 5.73 Å². The van der Waals surface area contributed by atoms with E-state index in [0.717, 1.165) is 5.56 Å². The van der Waals surface area contributed by atoms with E-state index >= 15 is 0 Å². The normalized spacial score (nSPS) is 11.6. The van der Waals surface area contributed by atoms with Crippen molar-refractivity contribution in [3.05, 3.63) is 35.4 Å². The van der Waals surface area contributed by atoms with E-state index in [0.29, 0.717) is 38.0 Å². The fraction of sp³-hybridized carbons (Fsp3) is 0.500. The topological polar surface area (TPSA) is 128 Å². The molecule has 1 rings (SSSR count). The van der Waals surface area contributed by atoms with Gasteiger partial charge in [0.25, 0.3) is 0 Å². The number of carboxylic acid groups (broad SMARTS) is 1. The molecular weight excluding hydrogens is 340 g/mol. The van der Waals surface area contributed by atoms with Gasteiger partial charge in [0.05, 0.1) is 13.2 Å². The van der Waals surface area contributed by atoms with Crippen LogP contribution in [-0.4, -0.2) is 48.8 Å². The average molecular weight is 366 g/mol. The molecule has 8 heteroatoms. The Morgan fingerprint density at radius 1 is 1.15 bits per heavy atom. The molecule has 0 radical (unpaired) electrons. The standard InChI is InChI=1S/C18H26N2O6/c1-13(21)15-7-5-14(6-8-15)12-25-10-11-26-18(24)20-9-3-2-4-16(19)17(22)23/h5-8,16H,2-4,9-12,19H2,1H3,(H,20,24)(H,22,23)/t16-/m0/s1. The molecule has 0 aromatic heterocycles. The van der Waals surface area contributed by atoms with E-state index in [4.69, 9.17) is 20.3 Å². The summed E-state index contributed by atoms with van der Waals surface area (Å²) in [6.45, 7) is 2.66. The molecule has 1 aromatic rings. The number of ketones is 1. The second kappa shape index (κ2) is 12.0. The maximum Gasteiger partial charge on any atom is 0.407 e. The molecule has 0 heterocycles. The van der Waals surface area contributed by atoms with Gasteiger partial charge in [-0.1, -0.05) is 24.3 Å². The van der Waals surface area contributed by atoms with Crippen molar-refractivity contribution in [1.29, 1.82) is 0 Å². The number of benzene rings is 1. The summed E-state index contributed by atoms with van der Waals surface area (Å²) < 4.78 is 10.4. The van der Waals surface area contributed by atoms with Gasteiger partial charge in [-0.2, -0.15) is 0 Å². The Bertz CT molecular complexity index is 588. The highest BCUT2D eigenvalue weighted by molar-refractivity contribution is 5.93. The second-order valence-corrected chi connectivity index (χ2v) is 5.81. The van der Waals surface area contributed by atoms with E-state index in [1.54, 1.807) is 12.1 Å². The number of carboxylic acids is 1. The maximum atomic E-state index is 11.4. The van der Waals surface area contributed by atoms with Gasteiger partial charge in [0.15, 0.2) is 5.78 Å². The van der Waals surface area contributed by atoms with Crippen LogP contribution in [0.25, 0.3) is 0 Å².